The molecule has 0 radical (unpaired) electrons. The van der Waals surface area contributed by atoms with Gasteiger partial charge in [0, 0.05) is 40.7 Å². The van der Waals surface area contributed by atoms with Gasteiger partial charge in [-0.1, -0.05) is 35.9 Å². The number of nitrogens with two attached hydrogens (primary N) is 1. The molecule has 1 saturated carbocycles. The largest absolute Gasteiger partial charge is 0.478 e. The number of nitrogens with zero attached hydrogens (tertiary/aromatic N) is 3. The molecule has 1 aliphatic carbocycles. The molecule has 2 aliphatic rings. The van der Waals surface area contributed by atoms with E-state index in [1.54, 1.807) is 18.2 Å². The average molecular weight is 491 g/mol. The molecule has 2 aromatic carbocycles. The third-order valence-corrected chi connectivity index (χ3v) is 7.81. The maximum absolute atomic E-state index is 13.5. The number of carbonyl (C=O) groups excluding carboxylic acids is 1. The summed E-state index contributed by atoms with van der Waals surface area (Å²) in [5.74, 6) is -1.09. The molecule has 180 valence electrons. The van der Waals surface area contributed by atoms with Crippen molar-refractivity contribution >= 4 is 23.5 Å². The summed E-state index contributed by atoms with van der Waals surface area (Å²) in [7, 11) is 0. The Morgan fingerprint density at radius 2 is 1.86 bits per heavy atom. The Labute approximate surface area is 209 Å². The average Bonchev–Trinajstić information content (AvgIpc) is 2.89. The first-order chi connectivity index (χ1) is 16.9. The Kier molecular flexibility index (Phi) is 6.30. The number of fused-ring (bicyclic) bond motifs is 1. The molecular formula is C27H27ClN4O3. The Balaban J connectivity index is 1.37. The molecule has 0 spiro atoms. The van der Waals surface area contributed by atoms with Crippen molar-refractivity contribution < 1.29 is 14.7 Å². The lowest BCUT2D eigenvalue weighted by Crippen LogP contribution is -2.50. The summed E-state index contributed by atoms with van der Waals surface area (Å²) in [6.45, 7) is 1.13. The summed E-state index contributed by atoms with van der Waals surface area (Å²) in [4.78, 5) is 35.6. The number of amides is 1. The van der Waals surface area contributed by atoms with Gasteiger partial charge in [-0.05, 0) is 61.9 Å². The number of hydrogen-bond acceptors (Lipinski definition) is 5. The second-order valence-electron chi connectivity index (χ2n) is 9.41. The third kappa shape index (κ3) is 4.30. The SMILES string of the molecule is NC[C@]1(c2cccc(Cl)c2)CC[C@H](N2CCc3c(ncnc3-c3cccc(C(=O)O)c3)C2=O)CC1. The van der Waals surface area contributed by atoms with Gasteiger partial charge in [-0.25, -0.2) is 14.8 Å². The van der Waals surface area contributed by atoms with E-state index in [0.29, 0.717) is 41.5 Å². The molecular weight excluding hydrogens is 464 g/mol. The van der Waals surface area contributed by atoms with Gasteiger partial charge in [-0.3, -0.25) is 4.79 Å². The van der Waals surface area contributed by atoms with Crippen molar-refractivity contribution in [3.63, 3.8) is 0 Å². The molecule has 8 heteroatoms. The number of carboxylic acid groups (broad SMARTS) is 1. The van der Waals surface area contributed by atoms with Crippen molar-refractivity contribution in [1.82, 2.24) is 14.9 Å². The molecule has 1 aromatic heterocycles. The van der Waals surface area contributed by atoms with E-state index in [-0.39, 0.29) is 22.9 Å². The number of benzene rings is 2. The Hall–Kier alpha value is -3.29. The number of carbonyl (C=O) groups is 2. The molecule has 3 N–H and O–H groups in total. The first-order valence-electron chi connectivity index (χ1n) is 11.9. The van der Waals surface area contributed by atoms with Crippen molar-refractivity contribution in [2.45, 2.75) is 43.6 Å². The second-order valence-corrected chi connectivity index (χ2v) is 9.85. The monoisotopic (exact) mass is 490 g/mol. The molecule has 1 aliphatic heterocycles. The van der Waals surface area contributed by atoms with Crippen molar-refractivity contribution in [2.24, 2.45) is 5.73 Å². The summed E-state index contributed by atoms with van der Waals surface area (Å²) < 4.78 is 0. The normalized spacial score (nSPS) is 22.1. The van der Waals surface area contributed by atoms with Gasteiger partial charge in [0.15, 0.2) is 0 Å². The maximum atomic E-state index is 13.5. The second kappa shape index (κ2) is 9.40. The van der Waals surface area contributed by atoms with Crippen LogP contribution in [0.25, 0.3) is 11.3 Å². The lowest BCUT2D eigenvalue weighted by molar-refractivity contribution is 0.0567. The van der Waals surface area contributed by atoms with Crippen molar-refractivity contribution in [3.05, 3.63) is 82.3 Å². The van der Waals surface area contributed by atoms with Crippen LogP contribution in [0.1, 0.15) is 57.7 Å². The molecule has 7 nitrogen and oxygen atoms in total. The minimum Gasteiger partial charge on any atom is -0.478 e. The summed E-state index contributed by atoms with van der Waals surface area (Å²) in [5.41, 5.74) is 9.98. The fourth-order valence-corrected chi connectivity index (χ4v) is 5.79. The van der Waals surface area contributed by atoms with Gasteiger partial charge < -0.3 is 15.7 Å². The zero-order chi connectivity index (χ0) is 24.6. The summed E-state index contributed by atoms with van der Waals surface area (Å²) in [6, 6.07) is 14.7. The zero-order valence-corrected chi connectivity index (χ0v) is 20.0. The van der Waals surface area contributed by atoms with Crippen LogP contribution in [-0.4, -0.2) is 51.0 Å². The molecule has 0 unspecified atom stereocenters. The van der Waals surface area contributed by atoms with E-state index in [9.17, 15) is 14.7 Å². The minimum absolute atomic E-state index is 0.0858. The third-order valence-electron chi connectivity index (χ3n) is 7.58. The van der Waals surface area contributed by atoms with E-state index in [0.717, 1.165) is 31.2 Å². The van der Waals surface area contributed by atoms with E-state index < -0.39 is 5.97 Å². The highest BCUT2D eigenvalue weighted by atomic mass is 35.5. The van der Waals surface area contributed by atoms with Gasteiger partial charge in [0.2, 0.25) is 0 Å². The van der Waals surface area contributed by atoms with E-state index in [1.165, 1.54) is 11.9 Å². The standard InChI is InChI=1S/C27H27ClN4O3/c28-20-6-2-5-19(14-20)27(15-29)10-7-21(8-11-27)32-12-9-22-23(30-16-31-24(22)25(32)33)17-3-1-4-18(13-17)26(34)35/h1-6,13-14,16,21H,7-12,15,29H2,(H,34,35)/t21-,27-. The number of hydrogen-bond donors (Lipinski definition) is 2. The van der Waals surface area contributed by atoms with E-state index in [4.69, 9.17) is 17.3 Å². The zero-order valence-electron chi connectivity index (χ0n) is 19.3. The quantitative estimate of drug-likeness (QED) is 0.550. The van der Waals surface area contributed by atoms with Crippen molar-refractivity contribution in [1.29, 1.82) is 0 Å². The molecule has 0 saturated heterocycles. The highest BCUT2D eigenvalue weighted by Crippen LogP contribution is 2.41. The smallest absolute Gasteiger partial charge is 0.335 e. The van der Waals surface area contributed by atoms with Crippen LogP contribution in [-0.2, 0) is 11.8 Å². The van der Waals surface area contributed by atoms with Crippen LogP contribution in [0.4, 0.5) is 0 Å². The number of aromatic nitrogens is 2. The highest BCUT2D eigenvalue weighted by Gasteiger charge is 2.40. The number of halogens is 1. The Bertz CT molecular complexity index is 1290. The van der Waals surface area contributed by atoms with Crippen LogP contribution in [0.15, 0.2) is 54.9 Å². The van der Waals surface area contributed by atoms with Crippen LogP contribution < -0.4 is 5.73 Å². The number of carboxylic acids is 1. The van der Waals surface area contributed by atoms with Gasteiger partial charge in [0.05, 0.1) is 11.3 Å². The molecule has 35 heavy (non-hydrogen) atoms. The maximum Gasteiger partial charge on any atom is 0.335 e. The summed E-state index contributed by atoms with van der Waals surface area (Å²) in [5, 5.41) is 10.1. The highest BCUT2D eigenvalue weighted by molar-refractivity contribution is 6.30. The molecule has 2 heterocycles. The number of rotatable bonds is 5. The predicted octanol–water partition coefficient (Wildman–Crippen LogP) is 4.33. The Morgan fingerprint density at radius 1 is 1.11 bits per heavy atom. The van der Waals surface area contributed by atoms with Gasteiger partial charge in [-0.2, -0.15) is 0 Å². The first-order valence-corrected chi connectivity index (χ1v) is 12.2. The molecule has 0 bridgehead atoms. The molecule has 5 rings (SSSR count). The van der Waals surface area contributed by atoms with Gasteiger partial charge in [0.1, 0.15) is 12.0 Å². The van der Waals surface area contributed by atoms with E-state index >= 15 is 0 Å². The van der Waals surface area contributed by atoms with Crippen LogP contribution in [0, 0.1) is 0 Å². The van der Waals surface area contributed by atoms with Gasteiger partial charge in [-0.15, -0.1) is 0 Å². The molecule has 3 aromatic rings. The number of aromatic carboxylic acids is 1. The fraction of sp³-hybridized carbons (Fsp3) is 0.333. The summed E-state index contributed by atoms with van der Waals surface area (Å²) >= 11 is 6.25. The van der Waals surface area contributed by atoms with Gasteiger partial charge in [0.25, 0.3) is 5.91 Å². The molecule has 0 atom stereocenters. The Morgan fingerprint density at radius 3 is 2.57 bits per heavy atom. The lowest BCUT2D eigenvalue weighted by Gasteiger charge is -2.44. The van der Waals surface area contributed by atoms with E-state index in [1.807, 2.05) is 29.2 Å². The fourth-order valence-electron chi connectivity index (χ4n) is 5.60. The molecule has 1 fully saturated rings. The van der Waals surface area contributed by atoms with E-state index in [2.05, 4.69) is 16.0 Å². The first kappa shape index (κ1) is 23.5. The van der Waals surface area contributed by atoms with Gasteiger partial charge >= 0.3 is 5.97 Å². The van der Waals surface area contributed by atoms with Crippen molar-refractivity contribution in [2.75, 3.05) is 13.1 Å². The minimum atomic E-state index is -0.999. The molecule has 1 amide bonds. The van der Waals surface area contributed by atoms with Crippen LogP contribution in [0.3, 0.4) is 0 Å². The van der Waals surface area contributed by atoms with Crippen LogP contribution >= 0.6 is 11.6 Å². The predicted molar refractivity (Wildman–Crippen MR) is 134 cm³/mol. The topological polar surface area (TPSA) is 109 Å². The van der Waals surface area contributed by atoms with Crippen LogP contribution in [0.5, 0.6) is 0 Å². The van der Waals surface area contributed by atoms with Crippen LogP contribution in [0.2, 0.25) is 5.02 Å². The van der Waals surface area contributed by atoms with Crippen molar-refractivity contribution in [3.8, 4) is 11.3 Å². The summed E-state index contributed by atoms with van der Waals surface area (Å²) in [6.07, 6.45) is 5.53. The lowest BCUT2D eigenvalue weighted by atomic mass is 9.68.